The lowest BCUT2D eigenvalue weighted by atomic mass is 10.1. The maximum atomic E-state index is 13.2. The average molecular weight is 319 g/mol. The molecule has 0 unspecified atom stereocenters. The molecule has 5 heteroatoms. The molecule has 0 spiro atoms. The molecular formula is C10H7FINO2. The fourth-order valence-corrected chi connectivity index (χ4v) is 1.63. The number of hydrogen-bond acceptors (Lipinski definition) is 3. The molecular weight excluding hydrogens is 312 g/mol. The van der Waals surface area contributed by atoms with Gasteiger partial charge in [0.1, 0.15) is 6.07 Å². The monoisotopic (exact) mass is 319 g/mol. The third-order valence-electron chi connectivity index (χ3n) is 1.66. The Kier molecular flexibility index (Phi) is 4.03. The van der Waals surface area contributed by atoms with Crippen molar-refractivity contribution in [1.82, 2.24) is 0 Å². The van der Waals surface area contributed by atoms with Crippen LogP contribution in [0.5, 0.6) is 0 Å². The number of rotatable bonds is 2. The number of nitriles is 1. The molecule has 15 heavy (non-hydrogen) atoms. The summed E-state index contributed by atoms with van der Waals surface area (Å²) in [7, 11) is 0. The zero-order chi connectivity index (χ0) is 11.4. The van der Waals surface area contributed by atoms with Crippen LogP contribution in [-0.4, -0.2) is 12.6 Å². The molecule has 0 radical (unpaired) electrons. The van der Waals surface area contributed by atoms with Crippen LogP contribution in [0.1, 0.15) is 22.8 Å². The van der Waals surface area contributed by atoms with Crippen molar-refractivity contribution in [1.29, 1.82) is 5.26 Å². The normalized spacial score (nSPS) is 9.47. The molecule has 0 aliphatic carbocycles. The molecule has 1 aromatic rings. The number of hydrogen-bond donors (Lipinski definition) is 0. The summed E-state index contributed by atoms with van der Waals surface area (Å²) in [5, 5.41) is 8.63. The quantitative estimate of drug-likeness (QED) is 0.622. The first kappa shape index (κ1) is 11.9. The first-order chi connectivity index (χ1) is 7.10. The van der Waals surface area contributed by atoms with E-state index in [2.05, 4.69) is 0 Å². The van der Waals surface area contributed by atoms with Crippen LogP contribution in [0.4, 0.5) is 4.39 Å². The number of carbonyl (C=O) groups excluding carboxylic acids is 1. The fraction of sp³-hybridized carbons (Fsp3) is 0.200. The van der Waals surface area contributed by atoms with Crippen LogP contribution in [0.2, 0.25) is 0 Å². The molecule has 0 aliphatic rings. The molecule has 1 aromatic carbocycles. The van der Waals surface area contributed by atoms with E-state index in [9.17, 15) is 9.18 Å². The molecule has 0 aromatic heterocycles. The highest BCUT2D eigenvalue weighted by molar-refractivity contribution is 14.1. The Labute approximate surface area is 100.0 Å². The lowest BCUT2D eigenvalue weighted by molar-refractivity contribution is 0.0526. The van der Waals surface area contributed by atoms with Crippen molar-refractivity contribution in [3.63, 3.8) is 0 Å². The Hall–Kier alpha value is -1.16. The van der Waals surface area contributed by atoms with E-state index in [-0.39, 0.29) is 21.3 Å². The summed E-state index contributed by atoms with van der Waals surface area (Å²) in [6.45, 7) is 1.92. The maximum absolute atomic E-state index is 13.2. The van der Waals surface area contributed by atoms with Crippen molar-refractivity contribution < 1.29 is 13.9 Å². The average Bonchev–Trinajstić information content (AvgIpc) is 2.22. The third-order valence-corrected chi connectivity index (χ3v) is 2.44. The van der Waals surface area contributed by atoms with E-state index in [1.54, 1.807) is 35.6 Å². The van der Waals surface area contributed by atoms with Gasteiger partial charge in [-0.25, -0.2) is 9.18 Å². The van der Waals surface area contributed by atoms with Crippen molar-refractivity contribution in [2.45, 2.75) is 6.92 Å². The molecule has 0 heterocycles. The SMILES string of the molecule is CCOC(=O)c1cc(I)c(F)c(C#N)c1. The van der Waals surface area contributed by atoms with Gasteiger partial charge in [-0.2, -0.15) is 5.26 Å². The van der Waals surface area contributed by atoms with Gasteiger partial charge >= 0.3 is 5.97 Å². The highest BCUT2D eigenvalue weighted by Crippen LogP contribution is 2.18. The van der Waals surface area contributed by atoms with Crippen molar-refractivity contribution in [3.05, 3.63) is 32.6 Å². The van der Waals surface area contributed by atoms with Gasteiger partial charge in [-0.1, -0.05) is 0 Å². The van der Waals surface area contributed by atoms with Crippen molar-refractivity contribution >= 4 is 28.6 Å². The highest BCUT2D eigenvalue weighted by Gasteiger charge is 2.13. The molecule has 0 fully saturated rings. The zero-order valence-electron chi connectivity index (χ0n) is 7.88. The molecule has 0 saturated carbocycles. The predicted molar refractivity (Wildman–Crippen MR) is 59.8 cm³/mol. The minimum absolute atomic E-state index is 0.148. The Morgan fingerprint density at radius 3 is 2.87 bits per heavy atom. The Balaban J connectivity index is 3.18. The van der Waals surface area contributed by atoms with Crippen LogP contribution in [0.3, 0.4) is 0 Å². The third kappa shape index (κ3) is 2.65. The van der Waals surface area contributed by atoms with Gasteiger partial charge in [-0.15, -0.1) is 0 Å². The van der Waals surface area contributed by atoms with Gasteiger partial charge in [0.15, 0.2) is 5.82 Å². The Morgan fingerprint density at radius 1 is 1.67 bits per heavy atom. The fourth-order valence-electron chi connectivity index (χ4n) is 1.00. The number of ether oxygens (including phenoxy) is 1. The second-order valence-electron chi connectivity index (χ2n) is 2.65. The molecule has 1 rings (SSSR count). The van der Waals surface area contributed by atoms with E-state index in [0.29, 0.717) is 0 Å². The van der Waals surface area contributed by atoms with Crippen LogP contribution in [0, 0.1) is 20.7 Å². The summed E-state index contributed by atoms with van der Waals surface area (Å²) >= 11 is 1.73. The van der Waals surface area contributed by atoms with Crippen molar-refractivity contribution in [3.8, 4) is 6.07 Å². The molecule has 0 bridgehead atoms. The first-order valence-electron chi connectivity index (χ1n) is 4.16. The van der Waals surface area contributed by atoms with E-state index in [1.807, 2.05) is 0 Å². The highest BCUT2D eigenvalue weighted by atomic mass is 127. The topological polar surface area (TPSA) is 50.1 Å². The lowest BCUT2D eigenvalue weighted by Gasteiger charge is -2.03. The predicted octanol–water partition coefficient (Wildman–Crippen LogP) is 2.48. The molecule has 0 atom stereocenters. The second-order valence-corrected chi connectivity index (χ2v) is 3.81. The van der Waals surface area contributed by atoms with Gasteiger partial charge in [0.2, 0.25) is 0 Å². The van der Waals surface area contributed by atoms with Crippen molar-refractivity contribution in [2.75, 3.05) is 6.61 Å². The lowest BCUT2D eigenvalue weighted by Crippen LogP contribution is -2.06. The van der Waals surface area contributed by atoms with Crippen LogP contribution in [0.25, 0.3) is 0 Å². The van der Waals surface area contributed by atoms with E-state index >= 15 is 0 Å². The number of carbonyl (C=O) groups is 1. The smallest absolute Gasteiger partial charge is 0.338 e. The first-order valence-corrected chi connectivity index (χ1v) is 5.24. The van der Waals surface area contributed by atoms with E-state index < -0.39 is 11.8 Å². The summed E-state index contributed by atoms with van der Waals surface area (Å²) < 4.78 is 18.2. The summed E-state index contributed by atoms with van der Waals surface area (Å²) in [6.07, 6.45) is 0. The molecule has 3 nitrogen and oxygen atoms in total. The molecule has 0 N–H and O–H groups in total. The molecule has 0 amide bonds. The summed E-state index contributed by atoms with van der Waals surface area (Å²) in [4.78, 5) is 11.3. The molecule has 78 valence electrons. The van der Waals surface area contributed by atoms with Gasteiger partial charge in [0.25, 0.3) is 0 Å². The van der Waals surface area contributed by atoms with Gasteiger partial charge in [-0.3, -0.25) is 0 Å². The zero-order valence-corrected chi connectivity index (χ0v) is 10.0. The van der Waals surface area contributed by atoms with Crippen LogP contribution in [0.15, 0.2) is 12.1 Å². The van der Waals surface area contributed by atoms with Crippen LogP contribution < -0.4 is 0 Å². The standard InChI is InChI=1S/C10H7FINO2/c1-2-15-10(14)6-3-7(5-13)9(11)8(12)4-6/h3-4H,2H2,1H3. The molecule has 0 saturated heterocycles. The van der Waals surface area contributed by atoms with Gasteiger partial charge in [-0.05, 0) is 41.6 Å². The maximum Gasteiger partial charge on any atom is 0.338 e. The Bertz CT molecular complexity index is 440. The number of halogens is 2. The van der Waals surface area contributed by atoms with E-state index in [0.717, 1.165) is 0 Å². The minimum atomic E-state index is -0.605. The van der Waals surface area contributed by atoms with Crippen LogP contribution in [-0.2, 0) is 4.74 Å². The van der Waals surface area contributed by atoms with Gasteiger partial charge < -0.3 is 4.74 Å². The van der Waals surface area contributed by atoms with Gasteiger partial charge in [0, 0.05) is 0 Å². The molecule has 0 aliphatic heterocycles. The van der Waals surface area contributed by atoms with E-state index in [1.165, 1.54) is 12.1 Å². The number of benzene rings is 1. The minimum Gasteiger partial charge on any atom is -0.462 e. The van der Waals surface area contributed by atoms with E-state index in [4.69, 9.17) is 10.00 Å². The summed E-state index contributed by atoms with van der Waals surface area (Å²) in [5.41, 5.74) is 0.0455. The second kappa shape index (κ2) is 5.07. The number of nitrogens with zero attached hydrogens (tertiary/aromatic N) is 1. The Morgan fingerprint density at radius 2 is 2.33 bits per heavy atom. The number of esters is 1. The van der Waals surface area contributed by atoms with Crippen molar-refractivity contribution in [2.24, 2.45) is 0 Å². The largest absolute Gasteiger partial charge is 0.462 e. The summed E-state index contributed by atoms with van der Waals surface area (Å²) in [6, 6.07) is 4.23. The summed E-state index contributed by atoms with van der Waals surface area (Å²) in [5.74, 6) is -1.15. The van der Waals surface area contributed by atoms with Crippen LogP contribution >= 0.6 is 22.6 Å². The van der Waals surface area contributed by atoms with Gasteiger partial charge in [0.05, 0.1) is 21.3 Å².